The lowest BCUT2D eigenvalue weighted by molar-refractivity contribution is 0.452. The summed E-state index contributed by atoms with van der Waals surface area (Å²) < 4.78 is 0. The zero-order valence-corrected chi connectivity index (χ0v) is 9.61. The molecule has 0 unspecified atom stereocenters. The fraction of sp³-hybridized carbons (Fsp3) is 0.286. The maximum Gasteiger partial charge on any atom is 0.0356 e. The summed E-state index contributed by atoms with van der Waals surface area (Å²) in [5.41, 5.74) is 2.42. The fourth-order valence-electron chi connectivity index (χ4n) is 1.31. The van der Waals surface area contributed by atoms with Crippen LogP contribution in [-0.4, -0.2) is 18.5 Å². The van der Waals surface area contributed by atoms with Crippen LogP contribution in [0.3, 0.4) is 0 Å². The Kier molecular flexibility index (Phi) is 4.69. The van der Waals surface area contributed by atoms with Crippen LogP contribution in [0.5, 0.6) is 0 Å². The van der Waals surface area contributed by atoms with Crippen LogP contribution in [0.4, 0.5) is 0 Å². The molecule has 15 heavy (non-hydrogen) atoms. The Balaban J connectivity index is 2.43. The number of allylic oxidation sites excluding steroid dienone is 1. The maximum absolute atomic E-state index is 3.99. The summed E-state index contributed by atoms with van der Waals surface area (Å²) in [5.74, 6) is 0. The molecule has 0 bridgehead atoms. The first kappa shape index (κ1) is 11.6. The Morgan fingerprint density at radius 2 is 2.00 bits per heavy atom. The molecule has 1 aromatic carbocycles. The summed E-state index contributed by atoms with van der Waals surface area (Å²) in [4.78, 5) is 2.17. The molecule has 0 fully saturated rings. The van der Waals surface area contributed by atoms with Crippen molar-refractivity contribution < 1.29 is 0 Å². The van der Waals surface area contributed by atoms with E-state index in [1.54, 1.807) is 0 Å². The van der Waals surface area contributed by atoms with E-state index in [9.17, 15) is 0 Å². The first-order chi connectivity index (χ1) is 7.24. The van der Waals surface area contributed by atoms with E-state index < -0.39 is 0 Å². The Morgan fingerprint density at radius 3 is 2.60 bits per heavy atom. The van der Waals surface area contributed by atoms with Gasteiger partial charge in [0.1, 0.15) is 0 Å². The van der Waals surface area contributed by atoms with Gasteiger partial charge in [-0.25, -0.2) is 0 Å². The predicted molar refractivity (Wildman–Crippen MR) is 67.5 cm³/mol. The van der Waals surface area contributed by atoms with Crippen LogP contribution >= 0.6 is 0 Å². The van der Waals surface area contributed by atoms with Crippen LogP contribution in [0.25, 0.3) is 6.08 Å². The minimum absolute atomic E-state index is 0.918. The summed E-state index contributed by atoms with van der Waals surface area (Å²) >= 11 is 0. The minimum Gasteiger partial charge on any atom is -0.375 e. The lowest BCUT2D eigenvalue weighted by Crippen LogP contribution is -2.16. The Hall–Kier alpha value is -1.50. The van der Waals surface area contributed by atoms with Gasteiger partial charge in [-0.1, -0.05) is 56.0 Å². The van der Waals surface area contributed by atoms with Gasteiger partial charge in [0.15, 0.2) is 0 Å². The summed E-state index contributed by atoms with van der Waals surface area (Å²) in [5, 5.41) is 0. The van der Waals surface area contributed by atoms with Crippen molar-refractivity contribution in [2.24, 2.45) is 0 Å². The monoisotopic (exact) mass is 201 g/mol. The third kappa shape index (κ3) is 4.03. The topological polar surface area (TPSA) is 3.24 Å². The van der Waals surface area contributed by atoms with Crippen molar-refractivity contribution in [1.82, 2.24) is 4.90 Å². The van der Waals surface area contributed by atoms with Crippen LogP contribution in [0.15, 0.2) is 48.7 Å². The summed E-state index contributed by atoms with van der Waals surface area (Å²) in [6.07, 6.45) is 5.31. The van der Waals surface area contributed by atoms with Crippen LogP contribution < -0.4 is 0 Å². The third-order valence-electron chi connectivity index (χ3n) is 2.44. The van der Waals surface area contributed by atoms with Crippen molar-refractivity contribution in [3.63, 3.8) is 0 Å². The second-order valence-corrected chi connectivity index (χ2v) is 3.61. The molecule has 0 saturated carbocycles. The third-order valence-corrected chi connectivity index (χ3v) is 2.44. The normalized spacial score (nSPS) is 10.5. The number of likely N-dealkylation sites (N-methyl/N-ethyl adjacent to an activating group) is 1. The first-order valence-electron chi connectivity index (χ1n) is 5.34. The molecular formula is C14H19N. The molecule has 0 aliphatic heterocycles. The predicted octanol–water partition coefficient (Wildman–Crippen LogP) is 3.56. The summed E-state index contributed by atoms with van der Waals surface area (Å²) in [7, 11) is 2.07. The quantitative estimate of drug-likeness (QED) is 0.704. The Labute approximate surface area is 92.7 Å². The molecule has 0 heterocycles. The molecule has 0 amide bonds. The van der Waals surface area contributed by atoms with Crippen LogP contribution in [0.2, 0.25) is 0 Å². The average Bonchev–Trinajstić information content (AvgIpc) is 2.29. The number of hydrogen-bond acceptors (Lipinski definition) is 1. The Morgan fingerprint density at radius 1 is 1.33 bits per heavy atom. The maximum atomic E-state index is 3.99. The molecule has 0 N–H and O–H groups in total. The number of nitrogens with zero attached hydrogens (tertiary/aromatic N) is 1. The van der Waals surface area contributed by atoms with Gasteiger partial charge in [-0.15, -0.1) is 0 Å². The van der Waals surface area contributed by atoms with E-state index in [4.69, 9.17) is 0 Å². The average molecular weight is 201 g/mol. The van der Waals surface area contributed by atoms with Crippen molar-refractivity contribution in [3.8, 4) is 0 Å². The van der Waals surface area contributed by atoms with E-state index in [-0.39, 0.29) is 0 Å². The van der Waals surface area contributed by atoms with E-state index in [2.05, 4.69) is 49.7 Å². The smallest absolute Gasteiger partial charge is 0.0356 e. The van der Waals surface area contributed by atoms with E-state index >= 15 is 0 Å². The molecule has 0 radical (unpaired) electrons. The number of rotatable bonds is 5. The second-order valence-electron chi connectivity index (χ2n) is 3.61. The number of hydrogen-bond donors (Lipinski definition) is 0. The standard InChI is InChI=1S/C14H19N/c1-4-13(2)15(3)12-8-11-14-9-6-5-7-10-14/h5-11H,2,4,12H2,1,3H3/b11-8+. The largest absolute Gasteiger partial charge is 0.375 e. The molecule has 1 aromatic rings. The summed E-state index contributed by atoms with van der Waals surface area (Å²) in [6, 6.07) is 10.3. The van der Waals surface area contributed by atoms with Crippen molar-refractivity contribution in [2.45, 2.75) is 13.3 Å². The van der Waals surface area contributed by atoms with Crippen molar-refractivity contribution in [1.29, 1.82) is 0 Å². The lowest BCUT2D eigenvalue weighted by atomic mass is 10.2. The van der Waals surface area contributed by atoms with Gasteiger partial charge in [0.25, 0.3) is 0 Å². The van der Waals surface area contributed by atoms with E-state index in [1.165, 1.54) is 11.3 Å². The van der Waals surface area contributed by atoms with Gasteiger partial charge in [-0.05, 0) is 12.0 Å². The van der Waals surface area contributed by atoms with Crippen LogP contribution in [0, 0.1) is 0 Å². The molecule has 0 spiro atoms. The van der Waals surface area contributed by atoms with Crippen LogP contribution in [0.1, 0.15) is 18.9 Å². The molecule has 1 heteroatoms. The SMILES string of the molecule is C=C(CC)N(C)C/C=C/c1ccccc1. The minimum atomic E-state index is 0.918. The van der Waals surface area contributed by atoms with Gasteiger partial charge < -0.3 is 4.90 Å². The molecule has 0 saturated heterocycles. The second kappa shape index (κ2) is 6.07. The molecule has 0 atom stereocenters. The van der Waals surface area contributed by atoms with Gasteiger partial charge in [-0.3, -0.25) is 0 Å². The molecule has 1 rings (SSSR count). The highest BCUT2D eigenvalue weighted by Gasteiger charge is 1.95. The highest BCUT2D eigenvalue weighted by molar-refractivity contribution is 5.48. The van der Waals surface area contributed by atoms with E-state index in [0.29, 0.717) is 0 Å². The molecule has 0 aromatic heterocycles. The Bertz CT molecular complexity index is 324. The fourth-order valence-corrected chi connectivity index (χ4v) is 1.31. The van der Waals surface area contributed by atoms with E-state index in [1.807, 2.05) is 18.2 Å². The molecular weight excluding hydrogens is 182 g/mol. The van der Waals surface area contributed by atoms with Crippen LogP contribution in [-0.2, 0) is 0 Å². The highest BCUT2D eigenvalue weighted by atomic mass is 15.1. The summed E-state index contributed by atoms with van der Waals surface area (Å²) in [6.45, 7) is 7.03. The van der Waals surface area contributed by atoms with Crippen molar-refractivity contribution in [3.05, 3.63) is 54.2 Å². The van der Waals surface area contributed by atoms with Crippen molar-refractivity contribution in [2.75, 3.05) is 13.6 Å². The lowest BCUT2D eigenvalue weighted by Gasteiger charge is -2.18. The van der Waals surface area contributed by atoms with E-state index in [0.717, 1.165) is 13.0 Å². The van der Waals surface area contributed by atoms with Gasteiger partial charge in [0.05, 0.1) is 0 Å². The van der Waals surface area contributed by atoms with Gasteiger partial charge in [-0.2, -0.15) is 0 Å². The number of benzene rings is 1. The first-order valence-corrected chi connectivity index (χ1v) is 5.34. The zero-order valence-electron chi connectivity index (χ0n) is 9.61. The molecule has 1 nitrogen and oxygen atoms in total. The van der Waals surface area contributed by atoms with Crippen molar-refractivity contribution >= 4 is 6.08 Å². The highest BCUT2D eigenvalue weighted by Crippen LogP contribution is 2.04. The van der Waals surface area contributed by atoms with Gasteiger partial charge >= 0.3 is 0 Å². The van der Waals surface area contributed by atoms with Gasteiger partial charge in [0, 0.05) is 19.3 Å². The van der Waals surface area contributed by atoms with Gasteiger partial charge in [0.2, 0.25) is 0 Å². The zero-order chi connectivity index (χ0) is 11.1. The molecule has 80 valence electrons. The molecule has 0 aliphatic rings. The molecule has 0 aliphatic carbocycles.